The third-order valence-electron chi connectivity index (χ3n) is 4.32. The molecule has 1 atom stereocenters. The van der Waals surface area contributed by atoms with Gasteiger partial charge in [-0.15, -0.1) is 11.3 Å². The van der Waals surface area contributed by atoms with E-state index in [1.165, 1.54) is 0 Å². The number of hydrogen-bond donors (Lipinski definition) is 2. The van der Waals surface area contributed by atoms with Crippen molar-refractivity contribution < 1.29 is 23.9 Å². The number of thiophene rings is 1. The van der Waals surface area contributed by atoms with Gasteiger partial charge >= 0.3 is 5.97 Å². The molecule has 1 aliphatic heterocycles. The minimum absolute atomic E-state index is 0.193. The van der Waals surface area contributed by atoms with Crippen LogP contribution >= 0.6 is 11.3 Å². The monoisotopic (exact) mass is 402 g/mol. The molecule has 0 spiro atoms. The summed E-state index contributed by atoms with van der Waals surface area (Å²) in [5.74, 6) is -1.24. The van der Waals surface area contributed by atoms with Crippen LogP contribution in [-0.2, 0) is 14.3 Å². The fourth-order valence-corrected chi connectivity index (χ4v) is 4.05. The van der Waals surface area contributed by atoms with Crippen LogP contribution in [0.4, 0.5) is 10.7 Å². The van der Waals surface area contributed by atoms with Gasteiger partial charge in [-0.25, -0.2) is 4.79 Å². The predicted octanol–water partition coefficient (Wildman–Crippen LogP) is 3.60. The van der Waals surface area contributed by atoms with Gasteiger partial charge in [0.15, 0.2) is 0 Å². The van der Waals surface area contributed by atoms with E-state index in [4.69, 9.17) is 9.47 Å². The third-order valence-corrected chi connectivity index (χ3v) is 5.53. The fraction of sp³-hybridized carbons (Fsp3) is 0.350. The molecule has 1 fully saturated rings. The number of anilines is 2. The number of para-hydroxylation sites is 1. The Kier molecular flexibility index (Phi) is 6.43. The first kappa shape index (κ1) is 20.0. The zero-order chi connectivity index (χ0) is 20.1. The lowest BCUT2D eigenvalue weighted by Gasteiger charge is -2.10. The van der Waals surface area contributed by atoms with Crippen LogP contribution in [0.3, 0.4) is 0 Å². The molecule has 148 valence electrons. The Bertz CT molecular complexity index is 872. The molecule has 2 N–H and O–H groups in total. The van der Waals surface area contributed by atoms with E-state index in [1.54, 1.807) is 26.0 Å². The van der Waals surface area contributed by atoms with E-state index in [1.807, 2.05) is 18.2 Å². The Morgan fingerprint density at radius 2 is 1.96 bits per heavy atom. The van der Waals surface area contributed by atoms with Crippen molar-refractivity contribution in [2.24, 2.45) is 0 Å². The van der Waals surface area contributed by atoms with E-state index in [0.29, 0.717) is 34.2 Å². The summed E-state index contributed by atoms with van der Waals surface area (Å²) in [5.41, 5.74) is 1.32. The van der Waals surface area contributed by atoms with E-state index in [-0.39, 0.29) is 24.0 Å². The van der Waals surface area contributed by atoms with Crippen molar-refractivity contribution in [3.8, 4) is 0 Å². The van der Waals surface area contributed by atoms with Crippen molar-refractivity contribution in [3.63, 3.8) is 0 Å². The molecule has 28 heavy (non-hydrogen) atoms. The Morgan fingerprint density at radius 1 is 1.21 bits per heavy atom. The topological polar surface area (TPSA) is 93.7 Å². The Morgan fingerprint density at radius 3 is 2.61 bits per heavy atom. The summed E-state index contributed by atoms with van der Waals surface area (Å²) in [5, 5.41) is 5.85. The summed E-state index contributed by atoms with van der Waals surface area (Å²) < 4.78 is 10.5. The van der Waals surface area contributed by atoms with Crippen LogP contribution < -0.4 is 10.6 Å². The van der Waals surface area contributed by atoms with E-state index < -0.39 is 12.1 Å². The number of rotatable bonds is 6. The molecule has 2 aromatic rings. The lowest BCUT2D eigenvalue weighted by atomic mass is 10.1. The summed E-state index contributed by atoms with van der Waals surface area (Å²) in [4.78, 5) is 38.0. The summed E-state index contributed by atoms with van der Waals surface area (Å²) in [6, 6.07) is 9.02. The molecule has 0 bridgehead atoms. The molecule has 0 aliphatic carbocycles. The third kappa shape index (κ3) is 4.40. The van der Waals surface area contributed by atoms with Gasteiger partial charge in [-0.3, -0.25) is 9.59 Å². The second-order valence-electron chi connectivity index (χ2n) is 6.29. The van der Waals surface area contributed by atoms with Gasteiger partial charge in [-0.05, 0) is 44.4 Å². The zero-order valence-corrected chi connectivity index (χ0v) is 16.6. The molecule has 1 aliphatic rings. The lowest BCUT2D eigenvalue weighted by Crippen LogP contribution is -2.27. The molecule has 0 radical (unpaired) electrons. The minimum Gasteiger partial charge on any atom is -0.462 e. The number of carbonyl (C=O) groups excluding carboxylic acids is 3. The van der Waals surface area contributed by atoms with Crippen molar-refractivity contribution in [2.75, 3.05) is 23.8 Å². The SMILES string of the molecule is CCOC(=O)c1c(NC(=O)C2CCCO2)sc(C(=O)Nc2ccccc2)c1C. The van der Waals surface area contributed by atoms with Gasteiger partial charge in [0.05, 0.1) is 17.0 Å². The molecular formula is C20H22N2O5S. The predicted molar refractivity (Wildman–Crippen MR) is 107 cm³/mol. The minimum atomic E-state index is -0.572. The van der Waals surface area contributed by atoms with Crippen LogP contribution in [0.15, 0.2) is 30.3 Å². The van der Waals surface area contributed by atoms with Crippen LogP contribution in [0.5, 0.6) is 0 Å². The molecule has 2 heterocycles. The highest BCUT2D eigenvalue weighted by Gasteiger charge is 2.29. The first-order valence-corrected chi connectivity index (χ1v) is 9.92. The average Bonchev–Trinajstić information content (AvgIpc) is 3.31. The van der Waals surface area contributed by atoms with Crippen molar-refractivity contribution in [3.05, 3.63) is 46.3 Å². The Hall–Kier alpha value is -2.71. The fourth-order valence-electron chi connectivity index (χ4n) is 2.95. The molecule has 1 saturated heterocycles. The van der Waals surface area contributed by atoms with Crippen molar-refractivity contribution in [1.29, 1.82) is 0 Å². The van der Waals surface area contributed by atoms with Crippen LogP contribution in [0.2, 0.25) is 0 Å². The number of esters is 1. The van der Waals surface area contributed by atoms with Gasteiger partial charge in [0.1, 0.15) is 11.1 Å². The Labute approximate surface area is 167 Å². The maximum atomic E-state index is 12.7. The van der Waals surface area contributed by atoms with Gasteiger partial charge in [-0.2, -0.15) is 0 Å². The van der Waals surface area contributed by atoms with E-state index in [0.717, 1.165) is 17.8 Å². The number of amides is 2. The molecule has 1 aromatic carbocycles. The second kappa shape index (κ2) is 8.99. The van der Waals surface area contributed by atoms with Crippen LogP contribution in [0.25, 0.3) is 0 Å². The summed E-state index contributed by atoms with van der Waals surface area (Å²) >= 11 is 1.05. The maximum absolute atomic E-state index is 12.7. The van der Waals surface area contributed by atoms with E-state index >= 15 is 0 Å². The van der Waals surface area contributed by atoms with Crippen molar-refractivity contribution in [1.82, 2.24) is 0 Å². The standard InChI is InChI=1S/C20H22N2O5S/c1-3-26-20(25)15-12(2)16(18(24)21-13-8-5-4-6-9-13)28-19(15)22-17(23)14-10-7-11-27-14/h4-6,8-9,14H,3,7,10-11H2,1-2H3,(H,21,24)(H,22,23). The van der Waals surface area contributed by atoms with Crippen LogP contribution in [0.1, 0.15) is 45.4 Å². The smallest absolute Gasteiger partial charge is 0.341 e. The van der Waals surface area contributed by atoms with Crippen molar-refractivity contribution in [2.45, 2.75) is 32.8 Å². The summed E-state index contributed by atoms with van der Waals surface area (Å²) in [7, 11) is 0. The highest BCUT2D eigenvalue weighted by Crippen LogP contribution is 2.35. The first-order valence-electron chi connectivity index (χ1n) is 9.10. The Balaban J connectivity index is 1.89. The van der Waals surface area contributed by atoms with Gasteiger partial charge in [0, 0.05) is 12.3 Å². The van der Waals surface area contributed by atoms with Crippen molar-refractivity contribution >= 4 is 39.8 Å². The van der Waals surface area contributed by atoms with Gasteiger partial charge in [0.2, 0.25) is 0 Å². The van der Waals surface area contributed by atoms with Crippen LogP contribution in [-0.4, -0.2) is 37.1 Å². The van der Waals surface area contributed by atoms with Gasteiger partial charge in [-0.1, -0.05) is 18.2 Å². The number of nitrogens with one attached hydrogen (secondary N) is 2. The average molecular weight is 402 g/mol. The molecular weight excluding hydrogens is 380 g/mol. The molecule has 8 heteroatoms. The quantitative estimate of drug-likeness (QED) is 0.720. The molecule has 3 rings (SSSR count). The highest BCUT2D eigenvalue weighted by atomic mass is 32.1. The summed E-state index contributed by atoms with van der Waals surface area (Å²) in [6.07, 6.45) is 0.905. The number of benzene rings is 1. The number of carbonyl (C=O) groups is 3. The van der Waals surface area contributed by atoms with Gasteiger partial charge in [0.25, 0.3) is 11.8 Å². The molecule has 0 saturated carbocycles. The summed E-state index contributed by atoms with van der Waals surface area (Å²) in [6.45, 7) is 4.10. The molecule has 1 unspecified atom stereocenters. The second-order valence-corrected chi connectivity index (χ2v) is 7.31. The number of ether oxygens (including phenoxy) is 2. The zero-order valence-electron chi connectivity index (χ0n) is 15.7. The largest absolute Gasteiger partial charge is 0.462 e. The van der Waals surface area contributed by atoms with E-state index in [2.05, 4.69) is 10.6 Å². The van der Waals surface area contributed by atoms with Gasteiger partial charge < -0.3 is 20.1 Å². The van der Waals surface area contributed by atoms with E-state index in [9.17, 15) is 14.4 Å². The maximum Gasteiger partial charge on any atom is 0.341 e. The normalized spacial score (nSPS) is 15.9. The molecule has 1 aromatic heterocycles. The number of hydrogen-bond acceptors (Lipinski definition) is 6. The highest BCUT2D eigenvalue weighted by molar-refractivity contribution is 7.19. The first-order chi connectivity index (χ1) is 13.5. The molecule has 2 amide bonds. The molecule has 7 nitrogen and oxygen atoms in total. The van der Waals surface area contributed by atoms with Crippen LogP contribution in [0, 0.1) is 6.92 Å². The lowest BCUT2D eigenvalue weighted by molar-refractivity contribution is -0.124.